The maximum absolute atomic E-state index is 12.2. The van der Waals surface area contributed by atoms with Gasteiger partial charge in [0.2, 0.25) is 5.91 Å². The minimum absolute atomic E-state index is 0.120. The normalized spacial score (nSPS) is 15.7. The van der Waals surface area contributed by atoms with Gasteiger partial charge in [-0.05, 0) is 18.2 Å². The van der Waals surface area contributed by atoms with Crippen LogP contribution in [0.25, 0.3) is 0 Å². The molecule has 1 aromatic carbocycles. The highest BCUT2D eigenvalue weighted by atomic mass is 32.2. The van der Waals surface area contributed by atoms with Gasteiger partial charge in [0.25, 0.3) is 11.8 Å². The molecule has 1 aromatic rings. The Morgan fingerprint density at radius 1 is 1.18 bits per heavy atom. The molecule has 0 fully saturated rings. The minimum atomic E-state index is -0.338. The van der Waals surface area contributed by atoms with Crippen LogP contribution in [0.2, 0.25) is 0 Å². The average Bonchev–Trinajstić information content (AvgIpc) is 3.30. The molecule has 146 valence electrons. The number of hydroxylamine groups is 1. The number of aliphatic imine (C=N–C) groups is 1. The maximum Gasteiger partial charge on any atom is 0.261 e. The van der Waals surface area contributed by atoms with Gasteiger partial charge >= 0.3 is 0 Å². The fourth-order valence-electron chi connectivity index (χ4n) is 2.82. The number of imide groups is 1. The first kappa shape index (κ1) is 19.8. The number of amides is 3. The van der Waals surface area contributed by atoms with E-state index in [0.29, 0.717) is 29.1 Å². The van der Waals surface area contributed by atoms with Crippen molar-refractivity contribution in [2.24, 2.45) is 4.99 Å². The number of hydrogen-bond donors (Lipinski definition) is 3. The van der Waals surface area contributed by atoms with E-state index in [2.05, 4.69) is 10.3 Å². The molecule has 1 aliphatic carbocycles. The quantitative estimate of drug-likeness (QED) is 0.263. The van der Waals surface area contributed by atoms with Gasteiger partial charge in [-0.2, -0.15) is 0 Å². The summed E-state index contributed by atoms with van der Waals surface area (Å²) in [6, 6.07) is 6.67. The molecule has 9 heteroatoms. The fourth-order valence-corrected chi connectivity index (χ4v) is 3.53. The van der Waals surface area contributed by atoms with Crippen molar-refractivity contribution in [3.8, 4) is 0 Å². The largest absolute Gasteiger partial charge is 0.354 e. The van der Waals surface area contributed by atoms with Crippen LogP contribution in [0, 0.1) is 0 Å². The van der Waals surface area contributed by atoms with Gasteiger partial charge in [-0.3, -0.25) is 30.0 Å². The molecule has 1 heterocycles. The van der Waals surface area contributed by atoms with Crippen molar-refractivity contribution in [2.45, 2.75) is 6.42 Å². The highest BCUT2D eigenvalue weighted by Crippen LogP contribution is 2.21. The Balaban J connectivity index is 1.38. The molecule has 0 spiro atoms. The number of allylic oxidation sites excluding steroid dienone is 3. The Morgan fingerprint density at radius 3 is 2.50 bits per heavy atom. The second kappa shape index (κ2) is 9.34. The zero-order valence-corrected chi connectivity index (χ0v) is 15.9. The van der Waals surface area contributed by atoms with Crippen molar-refractivity contribution in [2.75, 3.05) is 24.6 Å². The van der Waals surface area contributed by atoms with E-state index in [9.17, 15) is 14.4 Å². The third-order valence-corrected chi connectivity index (χ3v) is 5.11. The fraction of sp³-hybridized carbons (Fsp3) is 0.263. The average molecular weight is 400 g/mol. The number of amidine groups is 1. The van der Waals surface area contributed by atoms with Crippen molar-refractivity contribution < 1.29 is 19.6 Å². The van der Waals surface area contributed by atoms with Crippen molar-refractivity contribution in [3.63, 3.8) is 0 Å². The van der Waals surface area contributed by atoms with Crippen LogP contribution in [-0.4, -0.2) is 58.3 Å². The lowest BCUT2D eigenvalue weighted by molar-refractivity contribution is -0.118. The molecule has 3 rings (SSSR count). The Morgan fingerprint density at radius 2 is 1.89 bits per heavy atom. The molecule has 0 aromatic heterocycles. The van der Waals surface area contributed by atoms with Crippen molar-refractivity contribution in [3.05, 3.63) is 59.3 Å². The van der Waals surface area contributed by atoms with E-state index in [1.165, 1.54) is 11.8 Å². The van der Waals surface area contributed by atoms with E-state index < -0.39 is 0 Å². The van der Waals surface area contributed by atoms with Gasteiger partial charge in [-0.15, -0.1) is 11.8 Å². The number of hydrogen-bond acceptors (Lipinski definition) is 6. The molecule has 3 N–H and O–H groups in total. The van der Waals surface area contributed by atoms with E-state index in [1.807, 2.05) is 23.7 Å². The first-order chi connectivity index (χ1) is 13.6. The highest BCUT2D eigenvalue weighted by Gasteiger charge is 2.34. The molecule has 3 amide bonds. The van der Waals surface area contributed by atoms with Crippen molar-refractivity contribution in [1.82, 2.24) is 15.7 Å². The van der Waals surface area contributed by atoms with E-state index >= 15 is 0 Å². The summed E-state index contributed by atoms with van der Waals surface area (Å²) in [6.07, 6.45) is 6.42. The standard InChI is InChI=1S/C19H20N4O4S/c24-17(12-28-11-16(22-27)21-13-5-1-2-6-13)20-9-10-23-18(25)14-7-3-4-8-15(14)19(23)26/h1-5,7-8,27H,6,9-12H2,(H,20,24)(H,21,22). The number of thioether (sulfide) groups is 1. The van der Waals surface area contributed by atoms with Crippen LogP contribution >= 0.6 is 11.8 Å². The number of rotatable bonds is 8. The third-order valence-electron chi connectivity index (χ3n) is 4.17. The van der Waals surface area contributed by atoms with Crippen LogP contribution in [0.3, 0.4) is 0 Å². The topological polar surface area (TPSA) is 111 Å². The molecule has 28 heavy (non-hydrogen) atoms. The van der Waals surface area contributed by atoms with Crippen LogP contribution in [-0.2, 0) is 4.79 Å². The van der Waals surface area contributed by atoms with E-state index in [1.54, 1.807) is 24.3 Å². The van der Waals surface area contributed by atoms with E-state index in [4.69, 9.17) is 5.21 Å². The van der Waals surface area contributed by atoms with Gasteiger partial charge < -0.3 is 5.32 Å². The number of nitrogens with zero attached hydrogens (tertiary/aromatic N) is 2. The monoisotopic (exact) mass is 400 g/mol. The van der Waals surface area contributed by atoms with Crippen molar-refractivity contribution >= 4 is 35.3 Å². The molecule has 0 saturated carbocycles. The predicted molar refractivity (Wildman–Crippen MR) is 106 cm³/mol. The highest BCUT2D eigenvalue weighted by molar-refractivity contribution is 8.00. The second-order valence-corrected chi connectivity index (χ2v) is 7.10. The molecule has 0 saturated heterocycles. The van der Waals surface area contributed by atoms with E-state index in [0.717, 1.165) is 10.6 Å². The van der Waals surface area contributed by atoms with Gasteiger partial charge in [0.05, 0.1) is 22.6 Å². The number of benzene rings is 1. The number of nitrogens with one attached hydrogen (secondary N) is 2. The summed E-state index contributed by atoms with van der Waals surface area (Å²) in [5.74, 6) is -0.0104. The first-order valence-corrected chi connectivity index (χ1v) is 9.88. The van der Waals surface area contributed by atoms with Crippen LogP contribution in [0.5, 0.6) is 0 Å². The van der Waals surface area contributed by atoms with E-state index in [-0.39, 0.29) is 36.6 Å². The summed E-state index contributed by atoms with van der Waals surface area (Å²) in [7, 11) is 0. The minimum Gasteiger partial charge on any atom is -0.354 e. The first-order valence-electron chi connectivity index (χ1n) is 8.73. The Hall–Kier alpha value is -2.91. The molecule has 0 atom stereocenters. The summed E-state index contributed by atoms with van der Waals surface area (Å²) in [4.78, 5) is 41.8. The molecule has 1 aliphatic heterocycles. The number of carbonyl (C=O) groups is 3. The molecule has 0 bridgehead atoms. The molecule has 0 radical (unpaired) electrons. The third kappa shape index (κ3) is 4.68. The lowest BCUT2D eigenvalue weighted by Gasteiger charge is -2.14. The van der Waals surface area contributed by atoms with Gasteiger partial charge in [0.15, 0.2) is 0 Å². The lowest BCUT2D eigenvalue weighted by Crippen LogP contribution is -2.38. The Kier molecular flexibility index (Phi) is 6.62. The molecular weight excluding hydrogens is 380 g/mol. The van der Waals surface area contributed by atoms with Gasteiger partial charge in [-0.25, -0.2) is 4.99 Å². The molecular formula is C19H20N4O4S. The van der Waals surface area contributed by atoms with Crippen LogP contribution in [0.1, 0.15) is 27.1 Å². The zero-order valence-electron chi connectivity index (χ0n) is 15.1. The summed E-state index contributed by atoms with van der Waals surface area (Å²) >= 11 is 1.29. The zero-order chi connectivity index (χ0) is 19.9. The Bertz CT molecular complexity index is 843. The molecule has 2 aliphatic rings. The lowest BCUT2D eigenvalue weighted by atomic mass is 10.1. The Labute approximate surface area is 166 Å². The maximum atomic E-state index is 12.2. The van der Waals surface area contributed by atoms with Crippen LogP contribution in [0.15, 0.2) is 53.2 Å². The number of fused-ring (bicyclic) bond motifs is 1. The second-order valence-electron chi connectivity index (χ2n) is 6.11. The number of carbonyl (C=O) groups excluding carboxylic acids is 3. The van der Waals surface area contributed by atoms with Crippen LogP contribution < -0.4 is 10.8 Å². The van der Waals surface area contributed by atoms with Crippen molar-refractivity contribution in [1.29, 1.82) is 0 Å². The van der Waals surface area contributed by atoms with Gasteiger partial charge in [-0.1, -0.05) is 24.3 Å². The smallest absolute Gasteiger partial charge is 0.261 e. The van der Waals surface area contributed by atoms with Gasteiger partial charge in [0, 0.05) is 25.2 Å². The molecule has 8 nitrogen and oxygen atoms in total. The molecule has 0 unspecified atom stereocenters. The summed E-state index contributed by atoms with van der Waals surface area (Å²) in [5.41, 5.74) is 3.67. The summed E-state index contributed by atoms with van der Waals surface area (Å²) < 4.78 is 0. The predicted octanol–water partition coefficient (Wildman–Crippen LogP) is 1.35. The van der Waals surface area contributed by atoms with Gasteiger partial charge in [0.1, 0.15) is 5.84 Å². The van der Waals surface area contributed by atoms with Crippen LogP contribution in [0.4, 0.5) is 0 Å². The summed E-state index contributed by atoms with van der Waals surface area (Å²) in [5, 5.41) is 11.8. The summed E-state index contributed by atoms with van der Waals surface area (Å²) in [6.45, 7) is 0.303. The SMILES string of the molecule is O=C(CSCC(=NC1=CC=CC1)NO)NCCN1C(=O)c2ccccc2C1=O.